The van der Waals surface area contributed by atoms with E-state index in [0.29, 0.717) is 0 Å². The zero-order valence-electron chi connectivity index (χ0n) is 5.77. The van der Waals surface area contributed by atoms with Gasteiger partial charge in [-0.1, -0.05) is 0 Å². The molecule has 2 saturated heterocycles. The van der Waals surface area contributed by atoms with Crippen molar-refractivity contribution in [1.82, 2.24) is 10.2 Å². The quantitative estimate of drug-likeness (QED) is 0.493. The molecule has 1 atom stereocenters. The third-order valence-corrected chi connectivity index (χ3v) is 2.50. The second-order valence-corrected chi connectivity index (χ2v) is 3.02. The second kappa shape index (κ2) is 2.27. The van der Waals surface area contributed by atoms with E-state index in [4.69, 9.17) is 0 Å². The first kappa shape index (κ1) is 5.69. The molecule has 0 aromatic rings. The molecular weight excluding hydrogens is 112 g/mol. The van der Waals surface area contributed by atoms with Gasteiger partial charge in [0.15, 0.2) is 0 Å². The maximum absolute atomic E-state index is 3.41. The van der Waals surface area contributed by atoms with Crippen LogP contribution in [-0.2, 0) is 0 Å². The first-order valence-electron chi connectivity index (χ1n) is 3.91. The maximum atomic E-state index is 3.41. The summed E-state index contributed by atoms with van der Waals surface area (Å²) in [7, 11) is 0. The van der Waals surface area contributed by atoms with Gasteiger partial charge in [-0.15, -0.1) is 0 Å². The molecule has 1 N–H and O–H groups in total. The highest BCUT2D eigenvalue weighted by Crippen LogP contribution is 2.20. The van der Waals surface area contributed by atoms with E-state index in [-0.39, 0.29) is 0 Å². The molecule has 2 aliphatic heterocycles. The lowest BCUT2D eigenvalue weighted by atomic mass is 10.0. The minimum atomic E-state index is 0.944. The molecular formula is C7H14N2. The molecule has 0 saturated carbocycles. The fraction of sp³-hybridized carbons (Fsp3) is 1.00. The van der Waals surface area contributed by atoms with Crippen molar-refractivity contribution in [2.45, 2.75) is 18.9 Å². The zero-order valence-corrected chi connectivity index (χ0v) is 5.77. The van der Waals surface area contributed by atoms with E-state index in [0.717, 1.165) is 6.04 Å². The van der Waals surface area contributed by atoms with Crippen molar-refractivity contribution in [3.8, 4) is 0 Å². The normalized spacial score (nSPS) is 36.7. The minimum Gasteiger partial charge on any atom is -0.315 e. The molecule has 0 aliphatic carbocycles. The Morgan fingerprint density at radius 3 is 2.89 bits per heavy atom. The van der Waals surface area contributed by atoms with Gasteiger partial charge in [0.2, 0.25) is 0 Å². The predicted molar refractivity (Wildman–Crippen MR) is 37.5 cm³/mol. The summed E-state index contributed by atoms with van der Waals surface area (Å²) in [5, 5.41) is 3.41. The number of nitrogens with zero attached hydrogens (tertiary/aromatic N) is 1. The van der Waals surface area contributed by atoms with Crippen molar-refractivity contribution in [2.75, 3.05) is 26.2 Å². The van der Waals surface area contributed by atoms with Gasteiger partial charge in [-0.05, 0) is 25.9 Å². The molecule has 0 bridgehead atoms. The monoisotopic (exact) mass is 126 g/mol. The number of nitrogens with one attached hydrogen (secondary N) is 1. The van der Waals surface area contributed by atoms with Crippen LogP contribution in [0.5, 0.6) is 0 Å². The Morgan fingerprint density at radius 2 is 2.11 bits per heavy atom. The first-order valence-corrected chi connectivity index (χ1v) is 3.91. The number of rotatable bonds is 0. The van der Waals surface area contributed by atoms with E-state index in [1.165, 1.54) is 39.0 Å². The minimum absolute atomic E-state index is 0.944. The third kappa shape index (κ3) is 0.970. The molecule has 0 radical (unpaired) electrons. The Bertz CT molecular complexity index is 91.1. The Kier molecular flexibility index (Phi) is 1.44. The molecule has 2 heteroatoms. The summed E-state index contributed by atoms with van der Waals surface area (Å²) < 4.78 is 0. The summed E-state index contributed by atoms with van der Waals surface area (Å²) in [5.74, 6) is 0. The predicted octanol–water partition coefficient (Wildman–Crippen LogP) is 0.0540. The van der Waals surface area contributed by atoms with Gasteiger partial charge in [0.05, 0.1) is 0 Å². The Hall–Kier alpha value is -0.0800. The lowest BCUT2D eigenvalue weighted by molar-refractivity contribution is 0.0997. The summed E-state index contributed by atoms with van der Waals surface area (Å²) >= 11 is 0. The van der Waals surface area contributed by atoms with Crippen LogP contribution in [0.3, 0.4) is 0 Å². The number of hydrogen-bond donors (Lipinski definition) is 1. The number of fused-ring (bicyclic) bond motifs is 1. The van der Waals surface area contributed by atoms with Crippen LogP contribution in [0.1, 0.15) is 12.8 Å². The average Bonchev–Trinajstić information content (AvgIpc) is 1.94. The van der Waals surface area contributed by atoms with E-state index < -0.39 is 0 Å². The molecule has 2 aliphatic rings. The molecule has 0 amide bonds. The van der Waals surface area contributed by atoms with Gasteiger partial charge >= 0.3 is 0 Å². The van der Waals surface area contributed by atoms with Crippen LogP contribution in [0.2, 0.25) is 0 Å². The molecule has 2 rings (SSSR count). The van der Waals surface area contributed by atoms with Gasteiger partial charge < -0.3 is 5.32 Å². The topological polar surface area (TPSA) is 15.3 Å². The summed E-state index contributed by atoms with van der Waals surface area (Å²) in [4.78, 5) is 2.58. The molecule has 2 heterocycles. The van der Waals surface area contributed by atoms with Crippen LogP contribution in [0.25, 0.3) is 0 Å². The van der Waals surface area contributed by atoms with Crippen molar-refractivity contribution in [2.24, 2.45) is 0 Å². The highest BCUT2D eigenvalue weighted by atomic mass is 15.2. The fourth-order valence-corrected chi connectivity index (χ4v) is 1.73. The van der Waals surface area contributed by atoms with Crippen molar-refractivity contribution < 1.29 is 0 Å². The third-order valence-electron chi connectivity index (χ3n) is 2.50. The number of hydrogen-bond acceptors (Lipinski definition) is 2. The van der Waals surface area contributed by atoms with Crippen LogP contribution in [0.15, 0.2) is 0 Å². The summed E-state index contributed by atoms with van der Waals surface area (Å²) in [6, 6.07) is 0.944. The smallest absolute Gasteiger partial charge is 0.0120 e. The fourth-order valence-electron chi connectivity index (χ4n) is 1.73. The van der Waals surface area contributed by atoms with Crippen molar-refractivity contribution in [1.29, 1.82) is 0 Å². The van der Waals surface area contributed by atoms with Gasteiger partial charge in [0, 0.05) is 19.1 Å². The van der Waals surface area contributed by atoms with Gasteiger partial charge in [-0.3, -0.25) is 4.90 Å². The van der Waals surface area contributed by atoms with Gasteiger partial charge in [0.1, 0.15) is 0 Å². The lowest BCUT2D eigenvalue weighted by Gasteiger charge is -2.39. The van der Waals surface area contributed by atoms with E-state index in [1.807, 2.05) is 0 Å². The Balaban J connectivity index is 1.90. The molecule has 0 aromatic heterocycles. The molecule has 2 fully saturated rings. The van der Waals surface area contributed by atoms with Gasteiger partial charge in [-0.25, -0.2) is 0 Å². The summed E-state index contributed by atoms with van der Waals surface area (Å²) in [6.07, 6.45) is 2.82. The molecule has 9 heavy (non-hydrogen) atoms. The standard InChI is InChI=1S/C7H14N2/c1-3-8-4-6-9-5-2-7(1)9/h7-8H,1-6H2/t7-/m0/s1. The van der Waals surface area contributed by atoms with Crippen LogP contribution in [0, 0.1) is 0 Å². The molecule has 52 valence electrons. The second-order valence-electron chi connectivity index (χ2n) is 3.02. The van der Waals surface area contributed by atoms with Gasteiger partial charge in [-0.2, -0.15) is 0 Å². The average molecular weight is 126 g/mol. The maximum Gasteiger partial charge on any atom is 0.0120 e. The summed E-state index contributed by atoms with van der Waals surface area (Å²) in [5.41, 5.74) is 0. The molecule has 0 unspecified atom stereocenters. The largest absolute Gasteiger partial charge is 0.315 e. The molecule has 0 aromatic carbocycles. The van der Waals surface area contributed by atoms with E-state index in [1.54, 1.807) is 0 Å². The van der Waals surface area contributed by atoms with Crippen molar-refractivity contribution >= 4 is 0 Å². The van der Waals surface area contributed by atoms with Crippen molar-refractivity contribution in [3.63, 3.8) is 0 Å². The van der Waals surface area contributed by atoms with E-state index in [2.05, 4.69) is 10.2 Å². The SMILES string of the molecule is C1C[C@H]2CCN2CCN1. The molecule has 2 nitrogen and oxygen atoms in total. The van der Waals surface area contributed by atoms with Crippen LogP contribution >= 0.6 is 0 Å². The first-order chi connectivity index (χ1) is 4.47. The van der Waals surface area contributed by atoms with E-state index >= 15 is 0 Å². The van der Waals surface area contributed by atoms with Crippen LogP contribution in [0.4, 0.5) is 0 Å². The van der Waals surface area contributed by atoms with Crippen LogP contribution < -0.4 is 5.32 Å². The van der Waals surface area contributed by atoms with E-state index in [9.17, 15) is 0 Å². The summed E-state index contributed by atoms with van der Waals surface area (Å²) in [6.45, 7) is 5.08. The Labute approximate surface area is 56.2 Å². The lowest BCUT2D eigenvalue weighted by Crippen LogP contribution is -2.47. The van der Waals surface area contributed by atoms with Gasteiger partial charge in [0.25, 0.3) is 0 Å². The highest BCUT2D eigenvalue weighted by molar-refractivity contribution is 4.85. The Morgan fingerprint density at radius 1 is 1.11 bits per heavy atom. The van der Waals surface area contributed by atoms with Crippen molar-refractivity contribution in [3.05, 3.63) is 0 Å². The van der Waals surface area contributed by atoms with Crippen LogP contribution in [-0.4, -0.2) is 37.1 Å². The zero-order chi connectivity index (χ0) is 6.10. The highest BCUT2D eigenvalue weighted by Gasteiger charge is 2.27. The molecule has 0 spiro atoms.